The molecule has 1 unspecified atom stereocenters. The first-order valence-electron chi connectivity index (χ1n) is 8.24. The van der Waals surface area contributed by atoms with Gasteiger partial charge < -0.3 is 14.2 Å². The van der Waals surface area contributed by atoms with Crippen molar-refractivity contribution in [2.75, 3.05) is 0 Å². The lowest BCUT2D eigenvalue weighted by Crippen LogP contribution is -2.25. The van der Waals surface area contributed by atoms with Crippen LogP contribution in [-0.4, -0.2) is 24.3 Å². The molecule has 0 saturated carbocycles. The number of esters is 2. The number of rotatable bonds is 6. The second-order valence-electron chi connectivity index (χ2n) is 6.08. The average Bonchev–Trinajstić information content (AvgIpc) is 2.97. The van der Waals surface area contributed by atoms with Crippen molar-refractivity contribution in [3.8, 4) is 5.75 Å². The molecule has 0 fully saturated rings. The molecule has 1 aromatic rings. The van der Waals surface area contributed by atoms with Gasteiger partial charge in [0.15, 0.2) is 12.2 Å². The topological polar surface area (TPSA) is 78.9 Å². The summed E-state index contributed by atoms with van der Waals surface area (Å²) in [5, 5.41) is 0. The maximum atomic E-state index is 11.9. The van der Waals surface area contributed by atoms with E-state index in [1.807, 2.05) is 0 Å². The Kier molecular flexibility index (Phi) is 5.97. The van der Waals surface area contributed by atoms with Gasteiger partial charge in [-0.2, -0.15) is 0 Å². The second-order valence-corrected chi connectivity index (χ2v) is 6.08. The van der Waals surface area contributed by atoms with Crippen molar-refractivity contribution in [3.05, 3.63) is 53.1 Å². The second kappa shape index (κ2) is 7.99. The van der Waals surface area contributed by atoms with Gasteiger partial charge in [-0.25, -0.2) is 4.79 Å². The van der Waals surface area contributed by atoms with Gasteiger partial charge in [0, 0.05) is 23.6 Å². The molecule has 0 amide bonds. The molecule has 0 aromatic heterocycles. The Hall–Kier alpha value is -2.89. The molecule has 0 bridgehead atoms. The van der Waals surface area contributed by atoms with Crippen molar-refractivity contribution < 1.29 is 28.6 Å². The van der Waals surface area contributed by atoms with Gasteiger partial charge in [0.05, 0.1) is 0 Å². The highest BCUT2D eigenvalue weighted by atomic mass is 16.6. The van der Waals surface area contributed by atoms with Crippen molar-refractivity contribution in [1.29, 1.82) is 0 Å². The summed E-state index contributed by atoms with van der Waals surface area (Å²) >= 11 is 0. The predicted molar refractivity (Wildman–Crippen MR) is 94.5 cm³/mol. The zero-order valence-corrected chi connectivity index (χ0v) is 15.3. The smallest absolute Gasteiger partial charge is 0.333 e. The summed E-state index contributed by atoms with van der Waals surface area (Å²) in [5.74, 6) is -0.402. The fourth-order valence-electron chi connectivity index (χ4n) is 2.59. The fraction of sp³-hybridized carbons (Fsp3) is 0.350. The van der Waals surface area contributed by atoms with Crippen LogP contribution in [0.15, 0.2) is 42.0 Å². The minimum atomic E-state index is -0.777. The van der Waals surface area contributed by atoms with E-state index in [1.54, 1.807) is 45.0 Å². The van der Waals surface area contributed by atoms with Crippen molar-refractivity contribution >= 4 is 18.2 Å². The molecule has 0 N–H and O–H groups in total. The standard InChI is InChI=1S/C20H22O6/c1-6-11(2)20(23)24-13(4)15-7-8-17-16(9-15)19(25-14(5)22)18(26-17)12(3)10-21/h6-10,13,18-19H,3H2,1-2,4-5H3/b11-6-/t13?,18-,19-/m0/s1. The minimum absolute atomic E-state index is 0.178. The van der Waals surface area contributed by atoms with Gasteiger partial charge in [0.1, 0.15) is 18.1 Å². The van der Waals surface area contributed by atoms with Crippen LogP contribution in [0.1, 0.15) is 51.0 Å². The molecule has 138 valence electrons. The van der Waals surface area contributed by atoms with E-state index in [1.165, 1.54) is 6.92 Å². The van der Waals surface area contributed by atoms with E-state index in [9.17, 15) is 14.4 Å². The van der Waals surface area contributed by atoms with Crippen molar-refractivity contribution in [2.45, 2.75) is 46.0 Å². The molecule has 0 spiro atoms. The summed E-state index contributed by atoms with van der Waals surface area (Å²) in [4.78, 5) is 34.5. The summed E-state index contributed by atoms with van der Waals surface area (Å²) < 4.78 is 16.5. The zero-order valence-electron chi connectivity index (χ0n) is 15.3. The number of carbonyl (C=O) groups excluding carboxylic acids is 3. The zero-order chi connectivity index (χ0) is 19.4. The molecule has 1 heterocycles. The highest BCUT2D eigenvalue weighted by molar-refractivity contribution is 5.87. The minimum Gasteiger partial charge on any atom is -0.481 e. The van der Waals surface area contributed by atoms with Gasteiger partial charge in [0.25, 0.3) is 0 Å². The van der Waals surface area contributed by atoms with Gasteiger partial charge in [-0.05, 0) is 38.5 Å². The number of fused-ring (bicyclic) bond motifs is 1. The van der Waals surface area contributed by atoms with E-state index in [-0.39, 0.29) is 5.57 Å². The molecule has 1 aromatic carbocycles. The molecular weight excluding hydrogens is 336 g/mol. The van der Waals surface area contributed by atoms with E-state index in [0.717, 1.165) is 5.56 Å². The first-order chi connectivity index (χ1) is 12.3. The summed E-state index contributed by atoms with van der Waals surface area (Å²) in [5.41, 5.74) is 2.02. The largest absolute Gasteiger partial charge is 0.481 e. The number of hydrogen-bond acceptors (Lipinski definition) is 6. The van der Waals surface area contributed by atoms with Crippen LogP contribution >= 0.6 is 0 Å². The third-order valence-corrected chi connectivity index (χ3v) is 4.19. The number of aldehydes is 1. The number of allylic oxidation sites excluding steroid dienone is 1. The van der Waals surface area contributed by atoms with E-state index in [2.05, 4.69) is 6.58 Å². The molecule has 0 saturated heterocycles. The predicted octanol–water partition coefficient (Wildman–Crippen LogP) is 3.38. The van der Waals surface area contributed by atoms with Crippen LogP contribution in [0.4, 0.5) is 0 Å². The normalized spacial score (nSPS) is 19.8. The van der Waals surface area contributed by atoms with Crippen LogP contribution in [0.5, 0.6) is 5.75 Å². The first-order valence-corrected chi connectivity index (χ1v) is 8.24. The Morgan fingerprint density at radius 2 is 2.00 bits per heavy atom. The molecule has 1 aliphatic heterocycles. The van der Waals surface area contributed by atoms with E-state index in [0.29, 0.717) is 23.2 Å². The van der Waals surface area contributed by atoms with Gasteiger partial charge in [-0.3, -0.25) is 9.59 Å². The fourth-order valence-corrected chi connectivity index (χ4v) is 2.59. The summed E-state index contributed by atoms with van der Waals surface area (Å²) in [6, 6.07) is 5.22. The lowest BCUT2D eigenvalue weighted by Gasteiger charge is -2.18. The summed E-state index contributed by atoms with van der Waals surface area (Å²) in [7, 11) is 0. The molecule has 6 heteroatoms. The van der Waals surface area contributed by atoms with Crippen molar-refractivity contribution in [1.82, 2.24) is 0 Å². The van der Waals surface area contributed by atoms with E-state index in [4.69, 9.17) is 14.2 Å². The van der Waals surface area contributed by atoms with Crippen LogP contribution in [0.2, 0.25) is 0 Å². The maximum absolute atomic E-state index is 11.9. The number of carbonyl (C=O) groups is 3. The highest BCUT2D eigenvalue weighted by Gasteiger charge is 2.39. The molecule has 0 radical (unpaired) electrons. The van der Waals surface area contributed by atoms with Crippen LogP contribution < -0.4 is 4.74 Å². The van der Waals surface area contributed by atoms with E-state index >= 15 is 0 Å². The van der Waals surface area contributed by atoms with Crippen LogP contribution in [0, 0.1) is 0 Å². The van der Waals surface area contributed by atoms with Gasteiger partial charge >= 0.3 is 11.9 Å². The Morgan fingerprint density at radius 3 is 2.58 bits per heavy atom. The molecule has 0 aliphatic carbocycles. The molecule has 26 heavy (non-hydrogen) atoms. The summed E-state index contributed by atoms with van der Waals surface area (Å²) in [6.45, 7) is 10.1. The van der Waals surface area contributed by atoms with Crippen molar-refractivity contribution in [2.24, 2.45) is 0 Å². The quantitative estimate of drug-likeness (QED) is 0.441. The lowest BCUT2D eigenvalue weighted by molar-refractivity contribution is -0.149. The van der Waals surface area contributed by atoms with Crippen LogP contribution in [0.3, 0.4) is 0 Å². The average molecular weight is 358 g/mol. The van der Waals surface area contributed by atoms with Crippen molar-refractivity contribution in [3.63, 3.8) is 0 Å². The number of hydrogen-bond donors (Lipinski definition) is 0. The maximum Gasteiger partial charge on any atom is 0.333 e. The number of ether oxygens (including phenoxy) is 3. The Morgan fingerprint density at radius 1 is 1.31 bits per heavy atom. The number of benzene rings is 1. The molecule has 3 atom stereocenters. The molecule has 2 rings (SSSR count). The van der Waals surface area contributed by atoms with Gasteiger partial charge in [-0.15, -0.1) is 0 Å². The van der Waals surface area contributed by atoms with E-state index < -0.39 is 30.3 Å². The third-order valence-electron chi connectivity index (χ3n) is 4.19. The Balaban J connectivity index is 2.31. The van der Waals surface area contributed by atoms with Gasteiger partial charge in [0.2, 0.25) is 0 Å². The highest BCUT2D eigenvalue weighted by Crippen LogP contribution is 2.42. The lowest BCUT2D eigenvalue weighted by atomic mass is 9.99. The van der Waals surface area contributed by atoms with Crippen LogP contribution in [0.25, 0.3) is 0 Å². The molecule has 6 nitrogen and oxygen atoms in total. The monoisotopic (exact) mass is 358 g/mol. The summed E-state index contributed by atoms with van der Waals surface area (Å²) in [6.07, 6.45) is 0.204. The molecular formula is C20H22O6. The Bertz CT molecular complexity index is 777. The Labute approximate surface area is 152 Å². The third kappa shape index (κ3) is 4.02. The van der Waals surface area contributed by atoms with Gasteiger partial charge in [-0.1, -0.05) is 18.7 Å². The molecule has 1 aliphatic rings. The SMILES string of the molecule is C=C(C=O)[C@@H]1Oc2ccc(C(C)OC(=O)/C(C)=C\C)cc2[C@@H]1OC(C)=O. The first kappa shape index (κ1) is 19.4. The van der Waals surface area contributed by atoms with Crippen LogP contribution in [-0.2, 0) is 23.9 Å².